The third-order valence-corrected chi connectivity index (χ3v) is 7.42. The van der Waals surface area contributed by atoms with Gasteiger partial charge in [0.2, 0.25) is 0 Å². The quantitative estimate of drug-likeness (QED) is 0.581. The van der Waals surface area contributed by atoms with E-state index in [2.05, 4.69) is 21.2 Å². The zero-order valence-electron chi connectivity index (χ0n) is 15.2. The molecule has 1 N–H and O–H groups in total. The third-order valence-electron chi connectivity index (χ3n) is 6.49. The number of rotatable bonds is 5. The number of nitrogens with one attached hydrogen (secondary N) is 1. The summed E-state index contributed by atoms with van der Waals surface area (Å²) in [6.45, 7) is 2.30. The minimum Gasteiger partial charge on any atom is -0.455 e. The summed E-state index contributed by atoms with van der Waals surface area (Å²) in [4.78, 5) is 25.0. The van der Waals surface area contributed by atoms with Gasteiger partial charge in [0.25, 0.3) is 5.91 Å². The van der Waals surface area contributed by atoms with Crippen LogP contribution in [0.1, 0.15) is 49.7 Å². The van der Waals surface area contributed by atoms with E-state index in [1.807, 2.05) is 31.2 Å². The van der Waals surface area contributed by atoms with E-state index < -0.39 is 0 Å². The first-order chi connectivity index (χ1) is 12.4. The summed E-state index contributed by atoms with van der Waals surface area (Å²) < 4.78 is 5.59. The average molecular weight is 420 g/mol. The number of aryl methyl sites for hydroxylation is 1. The molecular formula is C21H26BrNO3. The molecule has 2 unspecified atom stereocenters. The molecule has 4 bridgehead atoms. The summed E-state index contributed by atoms with van der Waals surface area (Å²) >= 11 is 3.91. The van der Waals surface area contributed by atoms with Crippen molar-refractivity contribution in [1.29, 1.82) is 0 Å². The molecule has 0 saturated heterocycles. The van der Waals surface area contributed by atoms with Crippen LogP contribution in [0, 0.1) is 24.2 Å². The minimum absolute atomic E-state index is 0.114. The van der Waals surface area contributed by atoms with Gasteiger partial charge in [-0.2, -0.15) is 0 Å². The number of hydrogen-bond acceptors (Lipinski definition) is 3. The predicted octanol–water partition coefficient (Wildman–Crippen LogP) is 3.89. The first-order valence-corrected chi connectivity index (χ1v) is 10.3. The van der Waals surface area contributed by atoms with Gasteiger partial charge in [-0.3, -0.25) is 9.59 Å². The van der Waals surface area contributed by atoms with E-state index in [9.17, 15) is 9.59 Å². The first kappa shape index (κ1) is 18.0. The molecule has 140 valence electrons. The Labute approximate surface area is 163 Å². The Balaban J connectivity index is 1.31. The van der Waals surface area contributed by atoms with Crippen molar-refractivity contribution in [2.75, 3.05) is 6.61 Å². The highest BCUT2D eigenvalue weighted by Crippen LogP contribution is 2.64. The Hall–Kier alpha value is -1.36. The maximum Gasteiger partial charge on any atom is 0.312 e. The van der Waals surface area contributed by atoms with Crippen molar-refractivity contribution in [3.63, 3.8) is 0 Å². The topological polar surface area (TPSA) is 55.4 Å². The number of ether oxygens (including phenoxy) is 1. The summed E-state index contributed by atoms with van der Waals surface area (Å²) in [6.07, 6.45) is 6.32. The molecule has 1 aromatic carbocycles. The summed E-state index contributed by atoms with van der Waals surface area (Å²) in [5, 5.41) is 2.85. The summed E-state index contributed by atoms with van der Waals surface area (Å²) in [5.74, 6) is 0.845. The second kappa shape index (κ2) is 6.66. The fourth-order valence-corrected chi connectivity index (χ4v) is 7.18. The molecule has 4 aliphatic carbocycles. The van der Waals surface area contributed by atoms with Crippen molar-refractivity contribution in [3.05, 3.63) is 35.4 Å². The number of hydrogen-bond donors (Lipinski definition) is 1. The molecule has 26 heavy (non-hydrogen) atoms. The monoisotopic (exact) mass is 419 g/mol. The fraction of sp³-hybridized carbons (Fsp3) is 0.619. The van der Waals surface area contributed by atoms with Crippen LogP contribution in [0.4, 0.5) is 0 Å². The van der Waals surface area contributed by atoms with Gasteiger partial charge in [-0.05, 0) is 68.4 Å². The lowest BCUT2D eigenvalue weighted by Crippen LogP contribution is -2.56. The summed E-state index contributed by atoms with van der Waals surface area (Å²) in [7, 11) is 0. The van der Waals surface area contributed by atoms with Gasteiger partial charge in [0.15, 0.2) is 6.61 Å². The van der Waals surface area contributed by atoms with E-state index in [1.54, 1.807) is 0 Å². The number of carbonyl (C=O) groups is 2. The van der Waals surface area contributed by atoms with E-state index in [4.69, 9.17) is 4.74 Å². The Bertz CT molecular complexity index is 718. The Kier molecular flexibility index (Phi) is 4.62. The Morgan fingerprint density at radius 2 is 1.88 bits per heavy atom. The van der Waals surface area contributed by atoms with Gasteiger partial charge in [-0.25, -0.2) is 0 Å². The Morgan fingerprint density at radius 1 is 1.19 bits per heavy atom. The van der Waals surface area contributed by atoms with Crippen LogP contribution in [-0.4, -0.2) is 22.8 Å². The Morgan fingerprint density at radius 3 is 2.54 bits per heavy atom. The number of amides is 1. The third kappa shape index (κ3) is 3.42. The number of alkyl halides is 1. The minimum atomic E-state index is -0.371. The highest BCUT2D eigenvalue weighted by atomic mass is 79.9. The predicted molar refractivity (Wildman–Crippen MR) is 103 cm³/mol. The van der Waals surface area contributed by atoms with Gasteiger partial charge >= 0.3 is 5.97 Å². The first-order valence-electron chi connectivity index (χ1n) is 9.55. The normalized spacial score (nSPS) is 34.5. The van der Waals surface area contributed by atoms with E-state index in [1.165, 1.54) is 19.3 Å². The maximum atomic E-state index is 12.8. The highest BCUT2D eigenvalue weighted by molar-refractivity contribution is 9.10. The van der Waals surface area contributed by atoms with Crippen molar-refractivity contribution < 1.29 is 14.3 Å². The van der Waals surface area contributed by atoms with Crippen molar-refractivity contribution >= 4 is 27.8 Å². The number of esters is 1. The number of halogens is 1. The largest absolute Gasteiger partial charge is 0.455 e. The van der Waals surface area contributed by atoms with Crippen LogP contribution in [0.25, 0.3) is 0 Å². The van der Waals surface area contributed by atoms with Crippen LogP contribution in [0.15, 0.2) is 24.3 Å². The molecule has 0 heterocycles. The highest BCUT2D eigenvalue weighted by Gasteiger charge is 2.60. The van der Waals surface area contributed by atoms with E-state index in [0.717, 1.165) is 30.4 Å². The molecule has 0 aliphatic heterocycles. The summed E-state index contributed by atoms with van der Waals surface area (Å²) in [5.41, 5.74) is 1.85. The molecule has 4 aliphatic rings. The number of benzene rings is 1. The maximum absolute atomic E-state index is 12.8. The molecule has 4 nitrogen and oxygen atoms in total. The van der Waals surface area contributed by atoms with Gasteiger partial charge in [0.05, 0.1) is 5.41 Å². The average Bonchev–Trinajstić information content (AvgIpc) is 2.56. The van der Waals surface area contributed by atoms with E-state index >= 15 is 0 Å². The zero-order chi connectivity index (χ0) is 18.4. The van der Waals surface area contributed by atoms with Crippen molar-refractivity contribution in [2.24, 2.45) is 17.3 Å². The van der Waals surface area contributed by atoms with E-state index in [0.29, 0.717) is 18.4 Å². The van der Waals surface area contributed by atoms with Crippen LogP contribution in [-0.2, 0) is 20.9 Å². The van der Waals surface area contributed by atoms with Gasteiger partial charge < -0.3 is 10.1 Å². The van der Waals surface area contributed by atoms with Crippen LogP contribution >= 0.6 is 15.9 Å². The fourth-order valence-electron chi connectivity index (χ4n) is 5.73. The lowest BCUT2D eigenvalue weighted by atomic mass is 9.49. The van der Waals surface area contributed by atoms with E-state index in [-0.39, 0.29) is 28.2 Å². The molecule has 0 spiro atoms. The van der Waals surface area contributed by atoms with Crippen LogP contribution < -0.4 is 5.32 Å². The molecular weight excluding hydrogens is 394 g/mol. The molecule has 5 rings (SSSR count). The summed E-state index contributed by atoms with van der Waals surface area (Å²) in [6, 6.07) is 7.94. The second-order valence-electron chi connectivity index (χ2n) is 8.67. The second-order valence-corrected chi connectivity index (χ2v) is 10.4. The van der Waals surface area contributed by atoms with Gasteiger partial charge in [0.1, 0.15) is 0 Å². The van der Waals surface area contributed by atoms with Crippen molar-refractivity contribution in [1.82, 2.24) is 5.32 Å². The molecule has 0 radical (unpaired) electrons. The molecule has 5 heteroatoms. The van der Waals surface area contributed by atoms with Crippen LogP contribution in [0.5, 0.6) is 0 Å². The van der Waals surface area contributed by atoms with Gasteiger partial charge in [-0.15, -0.1) is 0 Å². The zero-order valence-corrected chi connectivity index (χ0v) is 16.8. The molecule has 4 atom stereocenters. The standard InChI is InChI=1S/C21H26BrNO3/c1-14-4-2-3-5-17(14)11-23-18(24)12-26-19(25)20-7-15-6-16(8-20)10-21(22,9-15)13-20/h2-5,15-16H,6-13H2,1H3,(H,23,24)/t15-,16+,20?,21?. The van der Waals surface area contributed by atoms with Crippen LogP contribution in [0.3, 0.4) is 0 Å². The molecule has 1 amide bonds. The SMILES string of the molecule is Cc1ccccc1CNC(=O)COC(=O)C12C[C@@H]3C[C@@H](CC(Br)(C3)C1)C2. The molecule has 4 fully saturated rings. The van der Waals surface area contributed by atoms with Crippen LogP contribution in [0.2, 0.25) is 0 Å². The lowest BCUT2D eigenvalue weighted by Gasteiger charge is -2.58. The molecule has 1 aromatic rings. The molecule has 0 aromatic heterocycles. The van der Waals surface area contributed by atoms with Gasteiger partial charge in [0, 0.05) is 10.9 Å². The smallest absolute Gasteiger partial charge is 0.312 e. The molecule has 4 saturated carbocycles. The van der Waals surface area contributed by atoms with Crippen molar-refractivity contribution in [3.8, 4) is 0 Å². The number of carbonyl (C=O) groups excluding carboxylic acids is 2. The van der Waals surface area contributed by atoms with Gasteiger partial charge in [-0.1, -0.05) is 40.2 Å². The van der Waals surface area contributed by atoms with Crippen molar-refractivity contribution in [2.45, 2.75) is 56.3 Å². The lowest BCUT2D eigenvalue weighted by molar-refractivity contribution is -0.171.